The Kier molecular flexibility index (Phi) is 8.96. The molecule has 0 bridgehead atoms. The molecule has 1 fully saturated rings. The summed E-state index contributed by atoms with van der Waals surface area (Å²) < 4.78 is 26.9. The summed E-state index contributed by atoms with van der Waals surface area (Å²) in [7, 11) is -3.56. The Morgan fingerprint density at radius 3 is 2.35 bits per heavy atom. The van der Waals surface area contributed by atoms with Gasteiger partial charge >= 0.3 is 0 Å². The first-order chi connectivity index (χ1) is 14.8. The van der Waals surface area contributed by atoms with E-state index in [0.29, 0.717) is 47.5 Å². The number of benzene rings is 2. The zero-order chi connectivity index (χ0) is 22.4. The number of halogens is 3. The van der Waals surface area contributed by atoms with E-state index in [9.17, 15) is 13.2 Å². The van der Waals surface area contributed by atoms with Crippen LogP contribution < -0.4 is 5.32 Å². The van der Waals surface area contributed by atoms with Crippen molar-refractivity contribution in [1.29, 1.82) is 0 Å². The van der Waals surface area contributed by atoms with Crippen LogP contribution in [0.25, 0.3) is 0 Å². The van der Waals surface area contributed by atoms with E-state index in [4.69, 9.17) is 34.8 Å². The first-order valence-corrected chi connectivity index (χ1v) is 13.6. The van der Waals surface area contributed by atoms with Crippen molar-refractivity contribution >= 4 is 62.5 Å². The first kappa shape index (κ1) is 24.7. The predicted molar refractivity (Wildman–Crippen MR) is 129 cm³/mol. The number of carbonyl (C=O) groups is 1. The summed E-state index contributed by atoms with van der Waals surface area (Å²) in [5.74, 6) is 1.37. The van der Waals surface area contributed by atoms with Crippen molar-refractivity contribution in [1.82, 2.24) is 9.62 Å². The summed E-state index contributed by atoms with van der Waals surface area (Å²) in [6.07, 6.45) is 1.02. The molecule has 31 heavy (non-hydrogen) atoms. The second kappa shape index (κ2) is 11.3. The van der Waals surface area contributed by atoms with Crippen LogP contribution in [-0.4, -0.2) is 44.0 Å². The van der Waals surface area contributed by atoms with E-state index in [2.05, 4.69) is 5.32 Å². The highest BCUT2D eigenvalue weighted by atomic mass is 35.5. The van der Waals surface area contributed by atoms with Crippen molar-refractivity contribution in [2.45, 2.75) is 23.5 Å². The maximum Gasteiger partial charge on any atom is 0.243 e. The number of hydrogen-bond donors (Lipinski definition) is 1. The normalized spacial score (nSPS) is 15.7. The van der Waals surface area contributed by atoms with E-state index in [1.807, 2.05) is 12.1 Å². The number of hydrogen-bond acceptors (Lipinski definition) is 4. The minimum atomic E-state index is -3.56. The van der Waals surface area contributed by atoms with Crippen molar-refractivity contribution in [2.75, 3.05) is 25.4 Å². The van der Waals surface area contributed by atoms with Crippen LogP contribution in [-0.2, 0) is 20.6 Å². The molecule has 1 amide bonds. The summed E-state index contributed by atoms with van der Waals surface area (Å²) >= 11 is 19.5. The molecule has 0 atom stereocenters. The van der Waals surface area contributed by atoms with Crippen LogP contribution >= 0.6 is 46.6 Å². The van der Waals surface area contributed by atoms with Crippen molar-refractivity contribution in [3.05, 3.63) is 63.1 Å². The van der Waals surface area contributed by atoms with Gasteiger partial charge in [0, 0.05) is 42.1 Å². The quantitative estimate of drug-likeness (QED) is 0.491. The number of amides is 1. The van der Waals surface area contributed by atoms with Gasteiger partial charge in [-0.15, -0.1) is 0 Å². The highest BCUT2D eigenvalue weighted by Gasteiger charge is 2.31. The second-order valence-corrected chi connectivity index (χ2v) is 11.5. The largest absolute Gasteiger partial charge is 0.355 e. The Balaban J connectivity index is 1.39. The predicted octanol–water partition coefficient (Wildman–Crippen LogP) is 5.10. The fourth-order valence-electron chi connectivity index (χ4n) is 3.32. The maximum atomic E-state index is 12.7. The lowest BCUT2D eigenvalue weighted by Crippen LogP contribution is -2.43. The van der Waals surface area contributed by atoms with Gasteiger partial charge < -0.3 is 5.32 Å². The lowest BCUT2D eigenvalue weighted by atomic mass is 9.97. The molecule has 3 rings (SSSR count). The third kappa shape index (κ3) is 6.76. The Bertz CT molecular complexity index is 1010. The van der Waals surface area contributed by atoms with Crippen molar-refractivity contribution in [2.24, 2.45) is 5.92 Å². The van der Waals surface area contributed by atoms with Gasteiger partial charge in [0.25, 0.3) is 0 Å². The molecule has 2 aromatic rings. The molecule has 0 unspecified atom stereocenters. The molecule has 1 aliphatic heterocycles. The molecular formula is C21H23Cl3N2O3S2. The Labute approximate surface area is 202 Å². The molecule has 1 N–H and O–H groups in total. The molecule has 0 spiro atoms. The number of thioether (sulfide) groups is 1. The van der Waals surface area contributed by atoms with E-state index in [1.54, 1.807) is 30.0 Å². The minimum absolute atomic E-state index is 0.0151. The number of carbonyl (C=O) groups excluding carboxylic acids is 1. The van der Waals surface area contributed by atoms with Crippen molar-refractivity contribution in [3.8, 4) is 0 Å². The number of rotatable bonds is 8. The van der Waals surface area contributed by atoms with Crippen LogP contribution in [0.4, 0.5) is 0 Å². The molecule has 5 nitrogen and oxygen atoms in total. The number of sulfonamides is 1. The van der Waals surface area contributed by atoms with Gasteiger partial charge in [-0.3, -0.25) is 4.79 Å². The van der Waals surface area contributed by atoms with E-state index in [0.717, 1.165) is 17.1 Å². The van der Waals surface area contributed by atoms with Gasteiger partial charge in [-0.25, -0.2) is 8.42 Å². The maximum absolute atomic E-state index is 12.7. The topological polar surface area (TPSA) is 66.5 Å². The molecular weight excluding hydrogens is 499 g/mol. The van der Waals surface area contributed by atoms with Crippen LogP contribution in [0, 0.1) is 5.92 Å². The SMILES string of the molecule is O=C(NCCSCc1ccc(Cl)c(Cl)c1)C1CCN(S(=O)(=O)c2ccc(Cl)cc2)CC1. The molecule has 168 valence electrons. The number of piperidine rings is 1. The van der Waals surface area contributed by atoms with Gasteiger partial charge in [0.2, 0.25) is 15.9 Å². The molecule has 0 aromatic heterocycles. The van der Waals surface area contributed by atoms with Crippen molar-refractivity contribution < 1.29 is 13.2 Å². The molecule has 1 heterocycles. The van der Waals surface area contributed by atoms with Gasteiger partial charge in [0.05, 0.1) is 14.9 Å². The summed E-state index contributed by atoms with van der Waals surface area (Å²) in [6, 6.07) is 11.7. The third-order valence-corrected chi connectivity index (χ3v) is 9.01. The van der Waals surface area contributed by atoms with Crippen LogP contribution in [0.15, 0.2) is 47.4 Å². The zero-order valence-corrected chi connectivity index (χ0v) is 20.6. The average molecular weight is 522 g/mol. The number of nitrogens with one attached hydrogen (secondary N) is 1. The van der Waals surface area contributed by atoms with Gasteiger partial charge in [0.15, 0.2) is 0 Å². The Hall–Kier alpha value is -0.960. The van der Waals surface area contributed by atoms with Gasteiger partial charge in [-0.2, -0.15) is 16.1 Å². The standard InChI is InChI=1S/C21H23Cl3N2O3S2/c22-17-2-4-18(5-3-17)31(28,29)26-10-7-16(8-11-26)21(27)25-9-12-30-14-15-1-6-19(23)20(24)13-15/h1-6,13,16H,7-12,14H2,(H,25,27). The van der Waals surface area contributed by atoms with Crippen LogP contribution in [0.5, 0.6) is 0 Å². The van der Waals surface area contributed by atoms with Crippen LogP contribution in [0.2, 0.25) is 15.1 Å². The van der Waals surface area contributed by atoms with Crippen LogP contribution in [0.3, 0.4) is 0 Å². The molecule has 2 aromatic carbocycles. The van der Waals surface area contributed by atoms with Crippen LogP contribution in [0.1, 0.15) is 18.4 Å². The fraction of sp³-hybridized carbons (Fsp3) is 0.381. The average Bonchev–Trinajstić information content (AvgIpc) is 2.76. The Morgan fingerprint density at radius 2 is 1.71 bits per heavy atom. The summed E-state index contributed by atoms with van der Waals surface area (Å²) in [6.45, 7) is 1.22. The van der Waals surface area contributed by atoms with Gasteiger partial charge in [-0.05, 0) is 54.8 Å². The van der Waals surface area contributed by atoms with E-state index >= 15 is 0 Å². The van der Waals surface area contributed by atoms with E-state index < -0.39 is 10.0 Å². The fourth-order valence-corrected chi connectivity index (χ4v) is 6.05. The molecule has 1 saturated heterocycles. The van der Waals surface area contributed by atoms with Crippen molar-refractivity contribution in [3.63, 3.8) is 0 Å². The summed E-state index contributed by atoms with van der Waals surface area (Å²) in [5, 5.41) is 4.53. The van der Waals surface area contributed by atoms with E-state index in [1.165, 1.54) is 16.4 Å². The lowest BCUT2D eigenvalue weighted by Gasteiger charge is -2.30. The highest BCUT2D eigenvalue weighted by molar-refractivity contribution is 7.98. The third-order valence-electron chi connectivity index (χ3n) is 5.07. The van der Waals surface area contributed by atoms with E-state index in [-0.39, 0.29) is 16.7 Å². The monoisotopic (exact) mass is 520 g/mol. The summed E-state index contributed by atoms with van der Waals surface area (Å²) in [4.78, 5) is 12.7. The molecule has 0 radical (unpaired) electrons. The number of nitrogens with zero attached hydrogens (tertiary/aromatic N) is 1. The first-order valence-electron chi connectivity index (χ1n) is 9.82. The molecule has 1 aliphatic rings. The summed E-state index contributed by atoms with van der Waals surface area (Å²) in [5.41, 5.74) is 1.08. The zero-order valence-electron chi connectivity index (χ0n) is 16.7. The lowest BCUT2D eigenvalue weighted by molar-refractivity contribution is -0.125. The second-order valence-electron chi connectivity index (χ2n) is 7.22. The van der Waals surface area contributed by atoms with Gasteiger partial charge in [0.1, 0.15) is 0 Å². The van der Waals surface area contributed by atoms with Gasteiger partial charge in [-0.1, -0.05) is 40.9 Å². The molecule has 0 saturated carbocycles. The Morgan fingerprint density at radius 1 is 1.03 bits per heavy atom. The minimum Gasteiger partial charge on any atom is -0.355 e. The molecule has 0 aliphatic carbocycles. The molecule has 10 heteroatoms. The highest BCUT2D eigenvalue weighted by Crippen LogP contribution is 2.26. The smallest absolute Gasteiger partial charge is 0.243 e.